The van der Waals surface area contributed by atoms with E-state index in [1.54, 1.807) is 0 Å². The van der Waals surface area contributed by atoms with Crippen LogP contribution in [0.15, 0.2) is 23.0 Å². The first-order chi connectivity index (χ1) is 12.4. The van der Waals surface area contributed by atoms with Gasteiger partial charge < -0.3 is 21.9 Å². The molecule has 0 unspecified atom stereocenters. The van der Waals surface area contributed by atoms with Crippen molar-refractivity contribution in [3.63, 3.8) is 0 Å². The first-order valence-electron chi connectivity index (χ1n) is 8.34. The van der Waals surface area contributed by atoms with Crippen LogP contribution in [0.1, 0.15) is 35.6 Å². The zero-order valence-corrected chi connectivity index (χ0v) is 14.2. The van der Waals surface area contributed by atoms with Crippen LogP contribution in [0.5, 0.6) is 0 Å². The molecule has 7 heteroatoms. The van der Waals surface area contributed by atoms with Gasteiger partial charge in [-0.1, -0.05) is 6.07 Å². The molecule has 2 heterocycles. The Hall–Kier alpha value is -3.22. The van der Waals surface area contributed by atoms with Crippen molar-refractivity contribution in [3.05, 3.63) is 51.2 Å². The number of aromatic nitrogens is 2. The van der Waals surface area contributed by atoms with Crippen LogP contribution in [0.25, 0.3) is 22.2 Å². The number of aryl methyl sites for hydroxylation is 1. The number of hydrogen-bond acceptors (Lipinski definition) is 5. The number of benzene rings is 1. The van der Waals surface area contributed by atoms with E-state index < -0.39 is 11.4 Å². The molecule has 0 spiro atoms. The maximum absolute atomic E-state index is 13.8. The molecule has 4 rings (SSSR count). The molecule has 1 fully saturated rings. The lowest BCUT2D eigenvalue weighted by Gasteiger charge is -2.15. The zero-order valence-electron chi connectivity index (χ0n) is 14.2. The molecule has 6 nitrogen and oxygen atoms in total. The van der Waals surface area contributed by atoms with Crippen LogP contribution in [-0.4, -0.2) is 16.2 Å². The topological polar surface area (TPSA) is 122 Å². The molecule has 0 saturated heterocycles. The van der Waals surface area contributed by atoms with Crippen LogP contribution in [-0.2, 0) is 0 Å². The standard InChI is InChI=1S/C19H18FN5O/c1-8-11(9-2-3-9)6-14-18(24-8)15(17(23)19(26)25-14)10-4-5-13(20)16(22)12(10)7-21/h4-7,9,21H,2-3,22-23H2,1H3,(H,25,26). The van der Waals surface area contributed by atoms with E-state index in [9.17, 15) is 9.18 Å². The van der Waals surface area contributed by atoms with Crippen molar-refractivity contribution in [2.24, 2.45) is 0 Å². The smallest absolute Gasteiger partial charge is 0.272 e. The van der Waals surface area contributed by atoms with Gasteiger partial charge in [0.2, 0.25) is 0 Å². The maximum atomic E-state index is 13.8. The summed E-state index contributed by atoms with van der Waals surface area (Å²) in [6.45, 7) is 1.93. The van der Waals surface area contributed by atoms with Crippen molar-refractivity contribution in [1.82, 2.24) is 9.97 Å². The molecule has 0 amide bonds. The highest BCUT2D eigenvalue weighted by atomic mass is 19.1. The van der Waals surface area contributed by atoms with E-state index in [-0.39, 0.29) is 16.9 Å². The third-order valence-corrected chi connectivity index (χ3v) is 4.92. The number of halogens is 1. The molecule has 0 radical (unpaired) electrons. The fourth-order valence-electron chi connectivity index (χ4n) is 3.40. The van der Waals surface area contributed by atoms with Gasteiger partial charge in [-0.05, 0) is 48.9 Å². The number of hydrogen-bond donors (Lipinski definition) is 4. The van der Waals surface area contributed by atoms with Crippen molar-refractivity contribution in [3.8, 4) is 11.1 Å². The van der Waals surface area contributed by atoms with Gasteiger partial charge in [0.1, 0.15) is 11.5 Å². The summed E-state index contributed by atoms with van der Waals surface area (Å²) >= 11 is 0. The Bertz CT molecular complexity index is 1130. The number of aromatic amines is 1. The van der Waals surface area contributed by atoms with Gasteiger partial charge in [0.25, 0.3) is 5.56 Å². The molecule has 2 aromatic heterocycles. The molecule has 0 bridgehead atoms. The van der Waals surface area contributed by atoms with Gasteiger partial charge in [-0.2, -0.15) is 0 Å². The number of nitrogens with one attached hydrogen (secondary N) is 2. The molecule has 1 aliphatic carbocycles. The normalized spacial score (nSPS) is 13.9. The quantitative estimate of drug-likeness (QED) is 0.428. The van der Waals surface area contributed by atoms with Gasteiger partial charge in [-0.25, -0.2) is 4.39 Å². The summed E-state index contributed by atoms with van der Waals surface area (Å²) in [5.74, 6) is -0.143. The second-order valence-corrected chi connectivity index (χ2v) is 6.64. The fraction of sp³-hybridized carbons (Fsp3) is 0.211. The van der Waals surface area contributed by atoms with Crippen LogP contribution in [0.2, 0.25) is 0 Å². The number of nitrogens with two attached hydrogens (primary N) is 2. The number of rotatable bonds is 3. The second kappa shape index (κ2) is 5.66. The van der Waals surface area contributed by atoms with Crippen molar-refractivity contribution in [2.45, 2.75) is 25.7 Å². The Morgan fingerprint density at radius 2 is 2.04 bits per heavy atom. The highest BCUT2D eigenvalue weighted by molar-refractivity contribution is 6.05. The van der Waals surface area contributed by atoms with Gasteiger partial charge in [0, 0.05) is 23.0 Å². The highest BCUT2D eigenvalue weighted by Gasteiger charge is 2.27. The predicted octanol–water partition coefficient (Wildman–Crippen LogP) is 3.08. The van der Waals surface area contributed by atoms with Gasteiger partial charge in [0.15, 0.2) is 0 Å². The minimum absolute atomic E-state index is 0.0299. The maximum Gasteiger partial charge on any atom is 0.272 e. The summed E-state index contributed by atoms with van der Waals surface area (Å²) in [6, 6.07) is 4.62. The predicted molar refractivity (Wildman–Crippen MR) is 101 cm³/mol. The molecule has 1 aromatic carbocycles. The largest absolute Gasteiger partial charge is 0.396 e. The Morgan fingerprint density at radius 1 is 1.31 bits per heavy atom. The SMILES string of the molecule is Cc1nc2c(-c3ccc(F)c(N)c3C=N)c(N)c(=O)[nH]c2cc1C1CC1. The Labute approximate surface area is 148 Å². The van der Waals surface area contributed by atoms with Crippen molar-refractivity contribution in [1.29, 1.82) is 5.41 Å². The fourth-order valence-corrected chi connectivity index (χ4v) is 3.40. The van der Waals surface area contributed by atoms with E-state index in [0.29, 0.717) is 28.1 Å². The summed E-state index contributed by atoms with van der Waals surface area (Å²) in [7, 11) is 0. The number of H-pyrrole nitrogens is 1. The third-order valence-electron chi connectivity index (χ3n) is 4.92. The lowest BCUT2D eigenvalue weighted by molar-refractivity contribution is 0.632. The molecular formula is C19H18FN5O. The molecule has 0 aliphatic heterocycles. The first-order valence-corrected chi connectivity index (χ1v) is 8.34. The van der Waals surface area contributed by atoms with Crippen LogP contribution < -0.4 is 17.0 Å². The van der Waals surface area contributed by atoms with E-state index in [1.807, 2.05) is 13.0 Å². The number of pyridine rings is 2. The Kier molecular flexibility index (Phi) is 3.54. The summed E-state index contributed by atoms with van der Waals surface area (Å²) < 4.78 is 13.8. The van der Waals surface area contributed by atoms with Crippen LogP contribution >= 0.6 is 0 Å². The average Bonchev–Trinajstić information content (AvgIpc) is 3.44. The van der Waals surface area contributed by atoms with Crippen LogP contribution in [0, 0.1) is 18.2 Å². The Morgan fingerprint density at radius 3 is 2.69 bits per heavy atom. The monoisotopic (exact) mass is 351 g/mol. The van der Waals surface area contributed by atoms with E-state index in [2.05, 4.69) is 9.97 Å². The minimum atomic E-state index is -0.625. The zero-order chi connectivity index (χ0) is 18.6. The van der Waals surface area contributed by atoms with Gasteiger partial charge in [-0.3, -0.25) is 9.78 Å². The average molecular weight is 351 g/mol. The third kappa shape index (κ3) is 2.35. The number of nitrogen functional groups attached to an aromatic ring is 2. The molecule has 3 aromatic rings. The molecular weight excluding hydrogens is 333 g/mol. The second-order valence-electron chi connectivity index (χ2n) is 6.64. The molecule has 26 heavy (non-hydrogen) atoms. The van der Waals surface area contributed by atoms with E-state index >= 15 is 0 Å². The number of anilines is 2. The number of nitrogens with zero attached hydrogens (tertiary/aromatic N) is 1. The summed E-state index contributed by atoms with van der Waals surface area (Å²) in [5.41, 5.74) is 15.3. The number of fused-ring (bicyclic) bond motifs is 1. The van der Waals surface area contributed by atoms with Crippen molar-refractivity contribution < 1.29 is 4.39 Å². The van der Waals surface area contributed by atoms with Crippen molar-refractivity contribution >= 4 is 28.6 Å². The van der Waals surface area contributed by atoms with Crippen LogP contribution in [0.3, 0.4) is 0 Å². The lowest BCUT2D eigenvalue weighted by Crippen LogP contribution is -2.15. The minimum Gasteiger partial charge on any atom is -0.396 e. The van der Waals surface area contributed by atoms with Crippen molar-refractivity contribution in [2.75, 3.05) is 11.5 Å². The molecule has 1 aliphatic rings. The first kappa shape index (κ1) is 16.3. The summed E-state index contributed by atoms with van der Waals surface area (Å²) in [5, 5.41) is 7.63. The summed E-state index contributed by atoms with van der Waals surface area (Å²) in [4.78, 5) is 19.8. The molecule has 132 valence electrons. The van der Waals surface area contributed by atoms with E-state index in [0.717, 1.165) is 30.3 Å². The van der Waals surface area contributed by atoms with Gasteiger partial charge in [-0.15, -0.1) is 0 Å². The summed E-state index contributed by atoms with van der Waals surface area (Å²) in [6.07, 6.45) is 3.20. The molecule has 0 atom stereocenters. The highest BCUT2D eigenvalue weighted by Crippen LogP contribution is 2.43. The van der Waals surface area contributed by atoms with E-state index in [1.165, 1.54) is 12.1 Å². The van der Waals surface area contributed by atoms with E-state index in [4.69, 9.17) is 16.9 Å². The Balaban J connectivity index is 2.11. The molecule has 1 saturated carbocycles. The molecule has 6 N–H and O–H groups in total. The van der Waals surface area contributed by atoms with Crippen LogP contribution in [0.4, 0.5) is 15.8 Å². The van der Waals surface area contributed by atoms with Gasteiger partial charge in [0.05, 0.1) is 16.7 Å². The lowest BCUT2D eigenvalue weighted by atomic mass is 9.95. The van der Waals surface area contributed by atoms with Gasteiger partial charge >= 0.3 is 0 Å².